The molecule has 0 saturated carbocycles. The van der Waals surface area contributed by atoms with Crippen molar-refractivity contribution < 1.29 is 13.2 Å². The minimum Gasteiger partial charge on any atom is -0.352 e. The molecule has 8 nitrogen and oxygen atoms in total. The topological polar surface area (TPSA) is 108 Å². The Labute approximate surface area is 153 Å². The summed E-state index contributed by atoms with van der Waals surface area (Å²) in [6.07, 6.45) is 4.39. The number of nitrogens with one attached hydrogen (secondary N) is 2. The summed E-state index contributed by atoms with van der Waals surface area (Å²) in [5.41, 5.74) is 2.00. The number of aryl methyl sites for hydroxylation is 2. The number of aromatic amines is 1. The molecule has 0 atom stereocenters. The predicted molar refractivity (Wildman–Crippen MR) is 95.6 cm³/mol. The van der Waals surface area contributed by atoms with Gasteiger partial charge in [-0.15, -0.1) is 0 Å². The number of piperidine rings is 1. The van der Waals surface area contributed by atoms with E-state index in [0.717, 1.165) is 5.56 Å². The summed E-state index contributed by atoms with van der Waals surface area (Å²) in [5.74, 6) is -0.204. The van der Waals surface area contributed by atoms with Crippen LogP contribution in [0.5, 0.6) is 0 Å². The number of nitrogens with zero attached hydrogens (tertiary/aromatic N) is 3. The molecule has 9 heteroatoms. The molecular weight excluding hydrogens is 354 g/mol. The molecule has 0 aromatic carbocycles. The summed E-state index contributed by atoms with van der Waals surface area (Å²) in [7, 11) is -3.58. The maximum absolute atomic E-state index is 12.8. The number of amides is 1. The zero-order valence-electron chi connectivity index (χ0n) is 14.9. The average molecular weight is 377 g/mol. The quantitative estimate of drug-likeness (QED) is 0.812. The summed E-state index contributed by atoms with van der Waals surface area (Å²) >= 11 is 0. The van der Waals surface area contributed by atoms with Crippen molar-refractivity contribution in [2.75, 3.05) is 13.1 Å². The van der Waals surface area contributed by atoms with Gasteiger partial charge in [-0.1, -0.05) is 0 Å². The Bertz CT molecular complexity index is 852. The lowest BCUT2D eigenvalue weighted by Crippen LogP contribution is -2.43. The largest absolute Gasteiger partial charge is 0.352 e. The predicted octanol–water partition coefficient (Wildman–Crippen LogP) is 1.14. The molecule has 3 rings (SSSR count). The molecule has 2 aromatic heterocycles. The van der Waals surface area contributed by atoms with E-state index in [1.807, 2.05) is 12.1 Å². The number of pyridine rings is 1. The van der Waals surface area contributed by atoms with Crippen LogP contribution < -0.4 is 5.32 Å². The summed E-state index contributed by atoms with van der Waals surface area (Å²) in [6.45, 7) is 4.49. The van der Waals surface area contributed by atoms with E-state index in [4.69, 9.17) is 0 Å². The molecule has 26 heavy (non-hydrogen) atoms. The summed E-state index contributed by atoms with van der Waals surface area (Å²) < 4.78 is 27.1. The van der Waals surface area contributed by atoms with Crippen molar-refractivity contribution in [3.8, 4) is 0 Å². The number of aromatic nitrogens is 3. The molecule has 1 aliphatic heterocycles. The molecule has 0 aliphatic carbocycles. The van der Waals surface area contributed by atoms with Gasteiger partial charge in [-0.3, -0.25) is 14.9 Å². The van der Waals surface area contributed by atoms with Crippen molar-refractivity contribution in [1.29, 1.82) is 0 Å². The highest BCUT2D eigenvalue weighted by atomic mass is 32.2. The highest BCUT2D eigenvalue weighted by molar-refractivity contribution is 7.89. The zero-order chi connectivity index (χ0) is 18.7. The number of hydrogen-bond acceptors (Lipinski definition) is 5. The smallest absolute Gasteiger partial charge is 0.246 e. The second kappa shape index (κ2) is 7.55. The van der Waals surface area contributed by atoms with Crippen LogP contribution >= 0.6 is 0 Å². The van der Waals surface area contributed by atoms with Crippen LogP contribution in [0.4, 0.5) is 0 Å². The fourth-order valence-electron chi connectivity index (χ4n) is 3.24. The Balaban J connectivity index is 1.58. The van der Waals surface area contributed by atoms with Gasteiger partial charge in [0.05, 0.1) is 11.4 Å². The summed E-state index contributed by atoms with van der Waals surface area (Å²) in [6, 6.07) is 3.70. The molecule has 1 saturated heterocycles. The van der Waals surface area contributed by atoms with E-state index in [1.165, 1.54) is 4.31 Å². The average Bonchev–Trinajstić information content (AvgIpc) is 2.99. The Hall–Kier alpha value is -2.26. The maximum atomic E-state index is 12.8. The van der Waals surface area contributed by atoms with Crippen LogP contribution in [0.2, 0.25) is 0 Å². The second-order valence-corrected chi connectivity index (χ2v) is 8.39. The minimum absolute atomic E-state index is 0.0328. The van der Waals surface area contributed by atoms with Gasteiger partial charge in [0.1, 0.15) is 4.90 Å². The molecule has 1 aliphatic rings. The highest BCUT2D eigenvalue weighted by Gasteiger charge is 2.34. The molecule has 2 aromatic rings. The summed E-state index contributed by atoms with van der Waals surface area (Å²) in [5, 5.41) is 9.61. The third-order valence-electron chi connectivity index (χ3n) is 4.70. The monoisotopic (exact) mass is 377 g/mol. The number of sulfonamides is 1. The van der Waals surface area contributed by atoms with E-state index >= 15 is 0 Å². The number of carbonyl (C=O) groups is 1. The van der Waals surface area contributed by atoms with Crippen LogP contribution in [-0.4, -0.2) is 46.9 Å². The van der Waals surface area contributed by atoms with E-state index in [-0.39, 0.29) is 16.7 Å². The van der Waals surface area contributed by atoms with Crippen LogP contribution in [0.25, 0.3) is 0 Å². The molecule has 2 N–H and O–H groups in total. The van der Waals surface area contributed by atoms with Gasteiger partial charge in [-0.05, 0) is 44.4 Å². The maximum Gasteiger partial charge on any atom is 0.246 e. The lowest BCUT2D eigenvalue weighted by atomic mass is 9.97. The van der Waals surface area contributed by atoms with Gasteiger partial charge in [-0.25, -0.2) is 8.42 Å². The van der Waals surface area contributed by atoms with Gasteiger partial charge in [0.25, 0.3) is 0 Å². The Kier molecular flexibility index (Phi) is 5.38. The van der Waals surface area contributed by atoms with E-state index in [9.17, 15) is 13.2 Å². The molecule has 1 amide bonds. The fraction of sp³-hybridized carbons (Fsp3) is 0.471. The first-order valence-corrected chi connectivity index (χ1v) is 10.0. The highest BCUT2D eigenvalue weighted by Crippen LogP contribution is 2.26. The molecule has 0 radical (unpaired) electrons. The molecular formula is C17H23N5O3S. The van der Waals surface area contributed by atoms with Gasteiger partial charge >= 0.3 is 0 Å². The first-order valence-electron chi connectivity index (χ1n) is 8.58. The van der Waals surface area contributed by atoms with Crippen LogP contribution in [0, 0.1) is 19.8 Å². The third-order valence-corrected chi connectivity index (χ3v) is 6.86. The molecule has 0 spiro atoms. The molecule has 140 valence electrons. The molecule has 0 bridgehead atoms. The van der Waals surface area contributed by atoms with Crippen molar-refractivity contribution in [3.63, 3.8) is 0 Å². The van der Waals surface area contributed by atoms with Crippen molar-refractivity contribution in [2.24, 2.45) is 5.92 Å². The van der Waals surface area contributed by atoms with Crippen molar-refractivity contribution in [2.45, 2.75) is 38.1 Å². The first-order chi connectivity index (χ1) is 12.4. The van der Waals surface area contributed by atoms with E-state index in [1.54, 1.807) is 26.2 Å². The number of H-pyrrole nitrogens is 1. The van der Waals surface area contributed by atoms with Crippen molar-refractivity contribution in [3.05, 3.63) is 41.5 Å². The standard InChI is InChI=1S/C17H23N5O3S/c1-12-16(13(2)21-20-12)26(24,25)22-9-5-15(6-10-22)17(23)19-11-14-3-7-18-8-4-14/h3-4,7-8,15H,5-6,9-11H2,1-2H3,(H,19,23)(H,20,21). The minimum atomic E-state index is -3.58. The van der Waals surface area contributed by atoms with Crippen LogP contribution in [0.1, 0.15) is 29.8 Å². The Morgan fingerprint density at radius 2 is 1.92 bits per heavy atom. The SMILES string of the molecule is Cc1n[nH]c(C)c1S(=O)(=O)N1CCC(C(=O)NCc2ccncc2)CC1. The molecule has 3 heterocycles. The molecule has 0 unspecified atom stereocenters. The van der Waals surface area contributed by atoms with E-state index < -0.39 is 10.0 Å². The zero-order valence-corrected chi connectivity index (χ0v) is 15.7. The van der Waals surface area contributed by atoms with Gasteiger partial charge in [0, 0.05) is 37.9 Å². The van der Waals surface area contributed by atoms with Gasteiger partial charge in [-0.2, -0.15) is 9.40 Å². The van der Waals surface area contributed by atoms with Crippen LogP contribution in [0.3, 0.4) is 0 Å². The third kappa shape index (κ3) is 3.78. The Morgan fingerprint density at radius 1 is 1.27 bits per heavy atom. The van der Waals surface area contributed by atoms with Gasteiger partial charge < -0.3 is 5.32 Å². The lowest BCUT2D eigenvalue weighted by molar-refractivity contribution is -0.126. The normalized spacial score (nSPS) is 16.5. The van der Waals surface area contributed by atoms with Gasteiger partial charge in [0.2, 0.25) is 15.9 Å². The Morgan fingerprint density at radius 3 is 2.50 bits per heavy atom. The first kappa shape index (κ1) is 18.5. The fourth-order valence-corrected chi connectivity index (χ4v) is 5.04. The van der Waals surface area contributed by atoms with E-state index in [2.05, 4.69) is 20.5 Å². The van der Waals surface area contributed by atoms with Crippen molar-refractivity contribution in [1.82, 2.24) is 24.8 Å². The van der Waals surface area contributed by atoms with E-state index in [0.29, 0.717) is 43.9 Å². The molecule has 1 fully saturated rings. The van der Waals surface area contributed by atoms with Gasteiger partial charge in [0.15, 0.2) is 0 Å². The second-order valence-electron chi connectivity index (χ2n) is 6.51. The number of carbonyl (C=O) groups excluding carboxylic acids is 1. The number of rotatable bonds is 5. The lowest BCUT2D eigenvalue weighted by Gasteiger charge is -2.30. The van der Waals surface area contributed by atoms with Crippen LogP contribution in [0.15, 0.2) is 29.4 Å². The van der Waals surface area contributed by atoms with Crippen molar-refractivity contribution >= 4 is 15.9 Å². The summed E-state index contributed by atoms with van der Waals surface area (Å²) in [4.78, 5) is 16.5. The van der Waals surface area contributed by atoms with Crippen LogP contribution in [-0.2, 0) is 21.4 Å². The number of hydrogen-bond donors (Lipinski definition) is 2.